The zero-order valence-corrected chi connectivity index (χ0v) is 12.4. The maximum Gasteiger partial charge on any atom is 0.273 e. The van der Waals surface area contributed by atoms with Gasteiger partial charge in [-0.15, -0.1) is 11.8 Å². The first kappa shape index (κ1) is 15.3. The molecule has 0 aliphatic heterocycles. The maximum atomic E-state index is 11.8. The highest BCUT2D eigenvalue weighted by molar-refractivity contribution is 7.98. The van der Waals surface area contributed by atoms with Gasteiger partial charge in [0.2, 0.25) is 0 Å². The normalized spacial score (nSPS) is 12.3. The molecule has 21 heavy (non-hydrogen) atoms. The number of hydrogen-bond donors (Lipinski definition) is 2. The smallest absolute Gasteiger partial charge is 0.273 e. The molecule has 1 atom stereocenters. The van der Waals surface area contributed by atoms with E-state index in [9.17, 15) is 9.90 Å². The summed E-state index contributed by atoms with van der Waals surface area (Å²) in [6, 6.07) is 16.5. The summed E-state index contributed by atoms with van der Waals surface area (Å²) in [4.78, 5) is 12.9. The lowest BCUT2D eigenvalue weighted by Gasteiger charge is -2.08. The summed E-state index contributed by atoms with van der Waals surface area (Å²) in [5, 5.41) is 13.7. The predicted molar refractivity (Wildman–Crippen MR) is 85.4 cm³/mol. The zero-order chi connectivity index (χ0) is 15.1. The Labute approximate surface area is 127 Å². The Morgan fingerprint density at radius 2 is 1.86 bits per heavy atom. The minimum absolute atomic E-state index is 0.537. The largest absolute Gasteiger partial charge is 0.378 e. The molecule has 2 N–H and O–H groups in total. The molecule has 0 aliphatic rings. The molecule has 2 aromatic carbocycles. The van der Waals surface area contributed by atoms with Gasteiger partial charge < -0.3 is 5.11 Å². The highest BCUT2D eigenvalue weighted by atomic mass is 32.2. The van der Waals surface area contributed by atoms with E-state index in [-0.39, 0.29) is 0 Å². The minimum Gasteiger partial charge on any atom is -0.378 e. The van der Waals surface area contributed by atoms with Crippen LogP contribution in [0.2, 0.25) is 0 Å². The van der Waals surface area contributed by atoms with Gasteiger partial charge in [-0.2, -0.15) is 5.10 Å². The molecular formula is C16H16N2O2S. The number of carbonyl (C=O) groups is 1. The monoisotopic (exact) mass is 300 g/mol. The quantitative estimate of drug-likeness (QED) is 0.507. The van der Waals surface area contributed by atoms with Crippen LogP contribution in [0.4, 0.5) is 0 Å². The second-order valence-corrected chi connectivity index (χ2v) is 5.20. The summed E-state index contributed by atoms with van der Waals surface area (Å²) < 4.78 is 0. The molecule has 0 heterocycles. The Morgan fingerprint density at radius 1 is 1.19 bits per heavy atom. The van der Waals surface area contributed by atoms with Crippen LogP contribution in [-0.4, -0.2) is 23.5 Å². The number of aliphatic hydroxyl groups excluding tert-OH is 1. The average Bonchev–Trinajstić information content (AvgIpc) is 2.55. The van der Waals surface area contributed by atoms with Crippen molar-refractivity contribution < 1.29 is 9.90 Å². The standard InChI is InChI=1S/C16H16N2O2S/c1-21-14-9-7-12(8-10-14)11-17-18-16(20)15(19)13-5-3-2-4-6-13/h2-11,15,19H,1H3,(H,18,20)/b17-11-/t15-/m1/s1. The van der Waals surface area contributed by atoms with Gasteiger partial charge >= 0.3 is 0 Å². The van der Waals surface area contributed by atoms with Crippen LogP contribution in [0.15, 0.2) is 64.6 Å². The summed E-state index contributed by atoms with van der Waals surface area (Å²) >= 11 is 1.66. The molecule has 0 aromatic heterocycles. The molecule has 1 amide bonds. The van der Waals surface area contributed by atoms with Crippen LogP contribution in [0.3, 0.4) is 0 Å². The molecule has 0 unspecified atom stereocenters. The van der Waals surface area contributed by atoms with Crippen molar-refractivity contribution in [3.05, 3.63) is 65.7 Å². The lowest BCUT2D eigenvalue weighted by atomic mass is 10.1. The number of thioether (sulfide) groups is 1. The molecule has 4 nitrogen and oxygen atoms in total. The number of benzene rings is 2. The van der Waals surface area contributed by atoms with Crippen molar-refractivity contribution in [2.75, 3.05) is 6.26 Å². The van der Waals surface area contributed by atoms with Gasteiger partial charge in [0.25, 0.3) is 5.91 Å². The van der Waals surface area contributed by atoms with E-state index in [4.69, 9.17) is 0 Å². The molecule has 0 spiro atoms. The molecule has 108 valence electrons. The minimum atomic E-state index is -1.22. The summed E-state index contributed by atoms with van der Waals surface area (Å²) in [7, 11) is 0. The number of hydrazone groups is 1. The molecular weight excluding hydrogens is 284 g/mol. The fraction of sp³-hybridized carbons (Fsp3) is 0.125. The predicted octanol–water partition coefficient (Wildman–Crippen LogP) is 2.59. The number of nitrogens with zero attached hydrogens (tertiary/aromatic N) is 1. The Balaban J connectivity index is 1.92. The van der Waals surface area contributed by atoms with Crippen molar-refractivity contribution in [3.8, 4) is 0 Å². The van der Waals surface area contributed by atoms with Crippen molar-refractivity contribution in [1.82, 2.24) is 5.43 Å². The second kappa shape index (κ2) is 7.61. The van der Waals surface area contributed by atoms with Crippen LogP contribution in [0, 0.1) is 0 Å². The number of rotatable bonds is 5. The van der Waals surface area contributed by atoms with E-state index >= 15 is 0 Å². The number of aliphatic hydroxyl groups is 1. The van der Waals surface area contributed by atoms with Crippen LogP contribution in [0.5, 0.6) is 0 Å². The molecule has 0 radical (unpaired) electrons. The van der Waals surface area contributed by atoms with Crippen LogP contribution >= 0.6 is 11.8 Å². The number of hydrogen-bond acceptors (Lipinski definition) is 4. The van der Waals surface area contributed by atoms with Gasteiger partial charge in [-0.1, -0.05) is 42.5 Å². The van der Waals surface area contributed by atoms with E-state index in [0.29, 0.717) is 5.56 Å². The topological polar surface area (TPSA) is 61.7 Å². The van der Waals surface area contributed by atoms with Gasteiger partial charge in [0.1, 0.15) is 0 Å². The van der Waals surface area contributed by atoms with Crippen molar-refractivity contribution in [2.45, 2.75) is 11.0 Å². The van der Waals surface area contributed by atoms with Gasteiger partial charge in [-0.05, 0) is 29.5 Å². The Morgan fingerprint density at radius 3 is 2.48 bits per heavy atom. The summed E-state index contributed by atoms with van der Waals surface area (Å²) in [6.45, 7) is 0. The third-order valence-corrected chi connectivity index (χ3v) is 3.61. The molecule has 0 fully saturated rings. The second-order valence-electron chi connectivity index (χ2n) is 4.32. The first-order valence-electron chi connectivity index (χ1n) is 6.40. The van der Waals surface area contributed by atoms with Crippen molar-refractivity contribution in [1.29, 1.82) is 0 Å². The van der Waals surface area contributed by atoms with E-state index in [2.05, 4.69) is 10.5 Å². The van der Waals surface area contributed by atoms with Crippen LogP contribution in [0.1, 0.15) is 17.2 Å². The SMILES string of the molecule is CSc1ccc(/C=N\NC(=O)[C@H](O)c2ccccc2)cc1. The average molecular weight is 300 g/mol. The first-order chi connectivity index (χ1) is 10.2. The van der Waals surface area contributed by atoms with E-state index in [1.807, 2.05) is 36.6 Å². The first-order valence-corrected chi connectivity index (χ1v) is 7.63. The lowest BCUT2D eigenvalue weighted by molar-refractivity contribution is -0.129. The van der Waals surface area contributed by atoms with E-state index < -0.39 is 12.0 Å². The lowest BCUT2D eigenvalue weighted by Crippen LogP contribution is -2.25. The molecule has 2 rings (SSSR count). The third kappa shape index (κ3) is 4.44. The van der Waals surface area contributed by atoms with Crippen molar-refractivity contribution in [3.63, 3.8) is 0 Å². The third-order valence-electron chi connectivity index (χ3n) is 2.87. The highest BCUT2D eigenvalue weighted by Gasteiger charge is 2.15. The number of amides is 1. The van der Waals surface area contributed by atoms with Gasteiger partial charge in [0.15, 0.2) is 6.10 Å². The summed E-state index contributed by atoms with van der Waals surface area (Å²) in [5.74, 6) is -0.557. The van der Waals surface area contributed by atoms with Gasteiger partial charge in [0, 0.05) is 4.90 Å². The fourth-order valence-corrected chi connectivity index (χ4v) is 2.12. The van der Waals surface area contributed by atoms with Crippen LogP contribution < -0.4 is 5.43 Å². The van der Waals surface area contributed by atoms with Crippen molar-refractivity contribution in [2.24, 2.45) is 5.10 Å². The highest BCUT2D eigenvalue weighted by Crippen LogP contribution is 2.14. The van der Waals surface area contributed by atoms with Crippen LogP contribution in [0.25, 0.3) is 0 Å². The molecule has 0 saturated heterocycles. The van der Waals surface area contributed by atoms with E-state index in [0.717, 1.165) is 10.5 Å². The van der Waals surface area contributed by atoms with E-state index in [1.165, 1.54) is 0 Å². The Hall–Kier alpha value is -2.11. The molecule has 0 saturated carbocycles. The Kier molecular flexibility index (Phi) is 5.54. The van der Waals surface area contributed by atoms with Gasteiger partial charge in [-0.25, -0.2) is 5.43 Å². The van der Waals surface area contributed by atoms with Gasteiger partial charge in [-0.3, -0.25) is 4.79 Å². The van der Waals surface area contributed by atoms with Gasteiger partial charge in [0.05, 0.1) is 6.21 Å². The van der Waals surface area contributed by atoms with E-state index in [1.54, 1.807) is 42.2 Å². The molecule has 5 heteroatoms. The fourth-order valence-electron chi connectivity index (χ4n) is 1.71. The summed E-state index contributed by atoms with van der Waals surface area (Å²) in [5.41, 5.74) is 3.75. The number of nitrogens with one attached hydrogen (secondary N) is 1. The van der Waals surface area contributed by atoms with Crippen LogP contribution in [-0.2, 0) is 4.79 Å². The molecule has 0 aliphatic carbocycles. The van der Waals surface area contributed by atoms with Crippen molar-refractivity contribution >= 4 is 23.9 Å². The molecule has 0 bridgehead atoms. The molecule has 2 aromatic rings. The Bertz CT molecular complexity index is 612. The number of carbonyl (C=O) groups excluding carboxylic acids is 1. The summed E-state index contributed by atoms with van der Waals surface area (Å²) in [6.07, 6.45) is 2.33. The maximum absolute atomic E-state index is 11.8. The zero-order valence-electron chi connectivity index (χ0n) is 11.6.